The van der Waals surface area contributed by atoms with E-state index in [0.717, 1.165) is 0 Å². The van der Waals surface area contributed by atoms with Crippen molar-refractivity contribution in [1.29, 1.82) is 0 Å². The number of phenols is 1. The number of phenolic OH excluding ortho intramolecular Hbond substituents is 1. The van der Waals surface area contributed by atoms with E-state index in [1.165, 1.54) is 24.4 Å². The smallest absolute Gasteiger partial charge is 0.357 e. The number of hydrogen-bond acceptors (Lipinski definition) is 5. The van der Waals surface area contributed by atoms with E-state index in [-0.39, 0.29) is 12.2 Å². The minimum atomic E-state index is -0.552. The van der Waals surface area contributed by atoms with Gasteiger partial charge in [0.15, 0.2) is 5.75 Å². The Morgan fingerprint density at radius 1 is 1.23 bits per heavy atom. The molecule has 10 heteroatoms. The quantitative estimate of drug-likeness (QED) is 0.417. The van der Waals surface area contributed by atoms with E-state index in [1.807, 2.05) is 0 Å². The second-order valence-corrected chi connectivity index (χ2v) is 5.83. The van der Waals surface area contributed by atoms with Crippen LogP contribution in [-0.4, -0.2) is 39.8 Å². The van der Waals surface area contributed by atoms with Crippen molar-refractivity contribution in [3.63, 3.8) is 0 Å². The van der Waals surface area contributed by atoms with Crippen LogP contribution >= 0.6 is 15.9 Å². The van der Waals surface area contributed by atoms with Crippen molar-refractivity contribution in [3.05, 3.63) is 63.0 Å². The Hall–Kier alpha value is -3.27. The lowest BCUT2D eigenvalue weighted by molar-refractivity contribution is -0.730. The summed E-state index contributed by atoms with van der Waals surface area (Å²) in [5, 5.41) is 24.4. The average Bonchev–Trinajstić information content (AvgIpc) is 2.60. The van der Waals surface area contributed by atoms with E-state index in [0.29, 0.717) is 15.6 Å². The van der Waals surface area contributed by atoms with Crippen LogP contribution in [0, 0.1) is 4.91 Å². The molecule has 0 saturated heterocycles. The molecule has 134 valence electrons. The molecule has 0 aliphatic carbocycles. The molecule has 2 rings (SSSR count). The molecule has 0 aliphatic rings. The SMILES string of the molecule is O=C(CNC(=O)c1ccccc1Br)N/N=C/c1ccc([N+](=O)O)c(O)c1. The van der Waals surface area contributed by atoms with Crippen LogP contribution in [0.2, 0.25) is 0 Å². The van der Waals surface area contributed by atoms with Gasteiger partial charge in [0.25, 0.3) is 16.7 Å². The van der Waals surface area contributed by atoms with Gasteiger partial charge in [0, 0.05) is 10.5 Å². The number of amides is 2. The number of halogens is 1. The summed E-state index contributed by atoms with van der Waals surface area (Å²) in [6.07, 6.45) is 1.23. The Morgan fingerprint density at radius 3 is 2.62 bits per heavy atom. The Bertz CT molecular complexity index is 885. The van der Waals surface area contributed by atoms with Crippen LogP contribution in [0.25, 0.3) is 0 Å². The summed E-state index contributed by atoms with van der Waals surface area (Å²) in [7, 11) is 0. The molecule has 4 N–H and O–H groups in total. The van der Waals surface area contributed by atoms with E-state index in [2.05, 4.69) is 31.8 Å². The predicted molar refractivity (Wildman–Crippen MR) is 95.4 cm³/mol. The first-order valence-corrected chi connectivity index (χ1v) is 8.01. The number of hydrazone groups is 1. The fourth-order valence-corrected chi connectivity index (χ4v) is 2.37. The van der Waals surface area contributed by atoms with E-state index < -0.39 is 22.5 Å². The molecule has 0 radical (unpaired) electrons. The molecule has 2 aromatic carbocycles. The fraction of sp³-hybridized carbons (Fsp3) is 0.0625. The number of carbonyl (C=O) groups excluding carboxylic acids is 2. The highest BCUT2D eigenvalue weighted by molar-refractivity contribution is 9.10. The van der Waals surface area contributed by atoms with Crippen molar-refractivity contribution in [2.75, 3.05) is 6.54 Å². The predicted octanol–water partition coefficient (Wildman–Crippen LogP) is 1.83. The number of nitrogens with zero attached hydrogens (tertiary/aromatic N) is 2. The third kappa shape index (κ3) is 5.11. The van der Waals surface area contributed by atoms with Gasteiger partial charge in [-0.15, -0.1) is 0 Å². The third-order valence-electron chi connectivity index (χ3n) is 3.14. The van der Waals surface area contributed by atoms with Gasteiger partial charge in [0.1, 0.15) is 0 Å². The molecule has 26 heavy (non-hydrogen) atoms. The van der Waals surface area contributed by atoms with E-state index in [9.17, 15) is 19.6 Å². The molecule has 0 aliphatic heterocycles. The van der Waals surface area contributed by atoms with Gasteiger partial charge in [-0.05, 0) is 45.8 Å². The maximum Gasteiger partial charge on any atom is 0.357 e. The Morgan fingerprint density at radius 2 is 1.96 bits per heavy atom. The molecule has 2 aromatic rings. The number of rotatable bonds is 6. The van der Waals surface area contributed by atoms with Gasteiger partial charge in [0.05, 0.1) is 23.2 Å². The lowest BCUT2D eigenvalue weighted by Crippen LogP contribution is -2.35. The van der Waals surface area contributed by atoms with Gasteiger partial charge in [0.2, 0.25) is 0 Å². The Labute approximate surface area is 156 Å². The zero-order chi connectivity index (χ0) is 19.1. The average molecular weight is 422 g/mol. The number of nitrogens with one attached hydrogen (secondary N) is 2. The molecule has 0 heterocycles. The van der Waals surface area contributed by atoms with E-state index in [1.54, 1.807) is 24.3 Å². The van der Waals surface area contributed by atoms with Crippen molar-refractivity contribution in [2.24, 2.45) is 5.10 Å². The maximum atomic E-state index is 12.0. The summed E-state index contributed by atoms with van der Waals surface area (Å²) in [5.74, 6) is -1.41. The second-order valence-electron chi connectivity index (χ2n) is 4.98. The molecule has 0 fully saturated rings. The minimum Gasteiger partial charge on any atom is -0.502 e. The summed E-state index contributed by atoms with van der Waals surface area (Å²) in [4.78, 5) is 33.9. The topological polar surface area (TPSA) is 131 Å². The minimum absolute atomic E-state index is 0.280. The molecule has 0 aromatic heterocycles. The summed E-state index contributed by atoms with van der Waals surface area (Å²) in [6, 6.07) is 10.6. The lowest BCUT2D eigenvalue weighted by Gasteiger charge is -2.05. The molecule has 2 amide bonds. The van der Waals surface area contributed by atoms with Crippen LogP contribution < -0.4 is 10.7 Å². The zero-order valence-corrected chi connectivity index (χ0v) is 14.8. The van der Waals surface area contributed by atoms with Crippen molar-refractivity contribution < 1.29 is 24.8 Å². The highest BCUT2D eigenvalue weighted by Crippen LogP contribution is 2.25. The van der Waals surface area contributed by atoms with Crippen LogP contribution in [0.15, 0.2) is 52.0 Å². The number of benzene rings is 2. The number of hydrogen-bond donors (Lipinski definition) is 4. The van der Waals surface area contributed by atoms with Crippen molar-refractivity contribution in [1.82, 2.24) is 10.7 Å². The van der Waals surface area contributed by atoms with E-state index >= 15 is 0 Å². The van der Waals surface area contributed by atoms with Crippen LogP contribution in [-0.2, 0) is 4.79 Å². The van der Waals surface area contributed by atoms with Gasteiger partial charge in [-0.25, -0.2) is 10.6 Å². The summed E-state index contributed by atoms with van der Waals surface area (Å²) >= 11 is 3.25. The summed E-state index contributed by atoms with van der Waals surface area (Å²) in [5.41, 5.74) is 2.67. The van der Waals surface area contributed by atoms with Crippen LogP contribution in [0.4, 0.5) is 5.69 Å². The normalized spacial score (nSPS) is 10.5. The first kappa shape index (κ1) is 19.1. The molecule has 9 nitrogen and oxygen atoms in total. The fourth-order valence-electron chi connectivity index (χ4n) is 1.90. The summed E-state index contributed by atoms with van der Waals surface area (Å²) < 4.78 is 0.610. The van der Waals surface area contributed by atoms with Crippen molar-refractivity contribution >= 4 is 39.6 Å². The molecule has 0 bridgehead atoms. The highest BCUT2D eigenvalue weighted by Gasteiger charge is 2.17. The van der Waals surface area contributed by atoms with Crippen molar-refractivity contribution in [3.8, 4) is 5.75 Å². The Kier molecular flexibility index (Phi) is 6.39. The van der Waals surface area contributed by atoms with Crippen LogP contribution in [0.1, 0.15) is 15.9 Å². The van der Waals surface area contributed by atoms with Gasteiger partial charge < -0.3 is 10.4 Å². The van der Waals surface area contributed by atoms with Gasteiger partial charge in [-0.1, -0.05) is 12.1 Å². The molecule has 0 saturated carbocycles. The third-order valence-corrected chi connectivity index (χ3v) is 3.83. The van der Waals surface area contributed by atoms with Gasteiger partial charge in [-0.3, -0.25) is 9.59 Å². The maximum absolute atomic E-state index is 12.0. The van der Waals surface area contributed by atoms with Crippen LogP contribution in [0.3, 0.4) is 0 Å². The van der Waals surface area contributed by atoms with Crippen LogP contribution in [0.5, 0.6) is 5.75 Å². The molecule has 0 atom stereocenters. The van der Waals surface area contributed by atoms with Crippen molar-refractivity contribution in [2.45, 2.75) is 0 Å². The molecular weight excluding hydrogens is 408 g/mol. The first-order valence-electron chi connectivity index (χ1n) is 7.22. The Balaban J connectivity index is 1.86. The summed E-state index contributed by atoms with van der Waals surface area (Å²) in [6.45, 7) is -0.280. The van der Waals surface area contributed by atoms with E-state index in [4.69, 9.17) is 5.21 Å². The van der Waals surface area contributed by atoms with Gasteiger partial charge >= 0.3 is 5.69 Å². The molecule has 0 unspecified atom stereocenters. The lowest BCUT2D eigenvalue weighted by atomic mass is 10.2. The zero-order valence-electron chi connectivity index (χ0n) is 13.2. The molecular formula is C16H14BrN4O5+. The highest BCUT2D eigenvalue weighted by atomic mass is 79.9. The standard InChI is InChI=1S/C16H13BrN4O5/c17-12-4-2-1-3-11(12)16(24)18-9-15(23)20-19-8-10-5-6-13(21(25)26)14(22)7-10/h1-8H,9H2,(H3-,18,20,22,23,24,25,26)/p+1/b19-8+. The molecule has 0 spiro atoms. The second kappa shape index (κ2) is 8.72. The monoisotopic (exact) mass is 421 g/mol. The number of aromatic hydroxyl groups is 1. The largest absolute Gasteiger partial charge is 0.502 e. The number of carbonyl (C=O) groups is 2. The first-order chi connectivity index (χ1) is 12.4. The van der Waals surface area contributed by atoms with Gasteiger partial charge in [-0.2, -0.15) is 5.10 Å².